The number of hydrogen-bond donors (Lipinski definition) is 1. The van der Waals surface area contributed by atoms with Crippen LogP contribution in [0.15, 0.2) is 35.9 Å². The Morgan fingerprint density at radius 2 is 1.90 bits per heavy atom. The number of likely N-dealkylation sites (tertiary alicyclic amines) is 1. The number of anilines is 1. The second-order valence-electron chi connectivity index (χ2n) is 5.29. The van der Waals surface area contributed by atoms with Crippen LogP contribution in [0.1, 0.15) is 37.0 Å². The smallest absolute Gasteiger partial charge is 0.253 e. The lowest BCUT2D eigenvalue weighted by molar-refractivity contribution is -0.111. The van der Waals surface area contributed by atoms with Crippen LogP contribution in [0.25, 0.3) is 0 Å². The number of carbonyl (C=O) groups is 2. The van der Waals surface area contributed by atoms with E-state index in [2.05, 4.69) is 5.32 Å². The highest BCUT2D eigenvalue weighted by atomic mass is 16.2. The lowest BCUT2D eigenvalue weighted by atomic mass is 10.1. The maximum atomic E-state index is 12.3. The third-order valence-electron chi connectivity index (χ3n) is 3.19. The first kappa shape index (κ1) is 14.3. The van der Waals surface area contributed by atoms with Crippen molar-refractivity contribution in [3.63, 3.8) is 0 Å². The molecule has 2 rings (SSSR count). The van der Waals surface area contributed by atoms with Gasteiger partial charge in [0.05, 0.1) is 0 Å². The summed E-state index contributed by atoms with van der Waals surface area (Å²) in [4.78, 5) is 25.8. The Morgan fingerprint density at radius 1 is 1.20 bits per heavy atom. The predicted octanol–water partition coefficient (Wildman–Crippen LogP) is 2.83. The molecule has 0 spiro atoms. The summed E-state index contributed by atoms with van der Waals surface area (Å²) >= 11 is 0. The summed E-state index contributed by atoms with van der Waals surface area (Å²) < 4.78 is 0. The summed E-state index contributed by atoms with van der Waals surface area (Å²) in [6.07, 6.45) is 3.68. The van der Waals surface area contributed by atoms with E-state index >= 15 is 0 Å². The van der Waals surface area contributed by atoms with Gasteiger partial charge in [-0.25, -0.2) is 0 Å². The van der Waals surface area contributed by atoms with Crippen molar-refractivity contribution in [3.05, 3.63) is 41.5 Å². The van der Waals surface area contributed by atoms with Crippen LogP contribution < -0.4 is 5.32 Å². The van der Waals surface area contributed by atoms with Gasteiger partial charge in [0.1, 0.15) is 0 Å². The molecule has 1 heterocycles. The van der Waals surface area contributed by atoms with E-state index in [0.29, 0.717) is 11.3 Å². The topological polar surface area (TPSA) is 49.4 Å². The van der Waals surface area contributed by atoms with Crippen LogP contribution in [-0.2, 0) is 4.79 Å². The van der Waals surface area contributed by atoms with Crippen molar-refractivity contribution in [3.8, 4) is 0 Å². The van der Waals surface area contributed by atoms with Crippen molar-refractivity contribution >= 4 is 17.5 Å². The molecule has 1 aliphatic heterocycles. The Morgan fingerprint density at radius 3 is 2.55 bits per heavy atom. The Hall–Kier alpha value is -2.10. The van der Waals surface area contributed by atoms with Crippen LogP contribution in [-0.4, -0.2) is 29.8 Å². The molecule has 2 amide bonds. The fourth-order valence-electron chi connectivity index (χ4n) is 2.27. The minimum absolute atomic E-state index is 0.0424. The molecule has 20 heavy (non-hydrogen) atoms. The van der Waals surface area contributed by atoms with Crippen molar-refractivity contribution in [2.24, 2.45) is 0 Å². The van der Waals surface area contributed by atoms with Gasteiger partial charge in [0, 0.05) is 30.4 Å². The van der Waals surface area contributed by atoms with Gasteiger partial charge in [-0.3, -0.25) is 9.59 Å². The zero-order valence-corrected chi connectivity index (χ0v) is 12.0. The molecule has 0 aromatic heterocycles. The monoisotopic (exact) mass is 272 g/mol. The molecule has 1 saturated heterocycles. The van der Waals surface area contributed by atoms with E-state index < -0.39 is 0 Å². The predicted molar refractivity (Wildman–Crippen MR) is 79.6 cm³/mol. The number of allylic oxidation sites excluding steroid dienone is 1. The number of nitrogens with zero attached hydrogens (tertiary/aromatic N) is 1. The first-order chi connectivity index (χ1) is 9.56. The maximum absolute atomic E-state index is 12.3. The lowest BCUT2D eigenvalue weighted by Gasteiger charge is -2.15. The van der Waals surface area contributed by atoms with Gasteiger partial charge in [-0.15, -0.1) is 0 Å². The molecule has 0 unspecified atom stereocenters. The fraction of sp³-hybridized carbons (Fsp3) is 0.375. The molecule has 1 N–H and O–H groups in total. The van der Waals surface area contributed by atoms with Crippen LogP contribution in [0.3, 0.4) is 0 Å². The van der Waals surface area contributed by atoms with Crippen LogP contribution in [0, 0.1) is 0 Å². The maximum Gasteiger partial charge on any atom is 0.253 e. The highest BCUT2D eigenvalue weighted by Gasteiger charge is 2.19. The molecular weight excluding hydrogens is 252 g/mol. The largest absolute Gasteiger partial charge is 0.339 e. The van der Waals surface area contributed by atoms with E-state index in [1.165, 1.54) is 6.08 Å². The van der Waals surface area contributed by atoms with Crippen LogP contribution in [0.2, 0.25) is 0 Å². The summed E-state index contributed by atoms with van der Waals surface area (Å²) in [5, 5.41) is 2.77. The number of rotatable bonds is 3. The first-order valence-corrected chi connectivity index (χ1v) is 6.91. The van der Waals surface area contributed by atoms with Crippen molar-refractivity contribution in [2.45, 2.75) is 26.7 Å². The van der Waals surface area contributed by atoms with Crippen molar-refractivity contribution in [1.82, 2.24) is 4.90 Å². The molecule has 106 valence electrons. The van der Waals surface area contributed by atoms with Gasteiger partial charge in [-0.05, 0) is 44.9 Å². The first-order valence-electron chi connectivity index (χ1n) is 6.91. The molecule has 1 fully saturated rings. The van der Waals surface area contributed by atoms with E-state index in [9.17, 15) is 9.59 Å². The zero-order valence-electron chi connectivity index (χ0n) is 12.0. The van der Waals surface area contributed by atoms with Gasteiger partial charge in [-0.1, -0.05) is 11.6 Å². The molecular formula is C16H20N2O2. The quantitative estimate of drug-likeness (QED) is 0.860. The number of carbonyl (C=O) groups excluding carboxylic acids is 2. The van der Waals surface area contributed by atoms with E-state index in [1.807, 2.05) is 18.7 Å². The van der Waals surface area contributed by atoms with Gasteiger partial charge in [0.15, 0.2) is 0 Å². The van der Waals surface area contributed by atoms with Gasteiger partial charge in [-0.2, -0.15) is 0 Å². The Kier molecular flexibility index (Phi) is 4.56. The molecule has 0 saturated carbocycles. The van der Waals surface area contributed by atoms with Crippen LogP contribution in [0.5, 0.6) is 0 Å². The van der Waals surface area contributed by atoms with Gasteiger partial charge in [0.2, 0.25) is 5.91 Å². The van der Waals surface area contributed by atoms with Crippen molar-refractivity contribution in [1.29, 1.82) is 0 Å². The van der Waals surface area contributed by atoms with Gasteiger partial charge >= 0.3 is 0 Å². The zero-order chi connectivity index (χ0) is 14.5. The second-order valence-corrected chi connectivity index (χ2v) is 5.29. The summed E-state index contributed by atoms with van der Waals surface area (Å²) in [6, 6.07) is 7.10. The van der Waals surface area contributed by atoms with E-state index in [1.54, 1.807) is 24.3 Å². The average Bonchev–Trinajstić information content (AvgIpc) is 2.91. The molecule has 0 aliphatic carbocycles. The standard InChI is InChI=1S/C16H20N2O2/c1-12(2)10-15(19)17-14-7-5-6-13(11-14)16(20)18-8-3-4-9-18/h5-7,10-11H,3-4,8-9H2,1-2H3,(H,17,19). The highest BCUT2D eigenvalue weighted by molar-refractivity contribution is 6.01. The lowest BCUT2D eigenvalue weighted by Crippen LogP contribution is -2.27. The van der Waals surface area contributed by atoms with E-state index in [0.717, 1.165) is 31.5 Å². The minimum Gasteiger partial charge on any atom is -0.339 e. The molecule has 0 radical (unpaired) electrons. The van der Waals surface area contributed by atoms with E-state index in [4.69, 9.17) is 0 Å². The minimum atomic E-state index is -0.171. The molecule has 0 bridgehead atoms. The SMILES string of the molecule is CC(C)=CC(=O)Nc1cccc(C(=O)N2CCCC2)c1. The Balaban J connectivity index is 2.09. The molecule has 4 nitrogen and oxygen atoms in total. The normalized spacial score (nSPS) is 14.0. The molecule has 0 atom stereocenters. The van der Waals surface area contributed by atoms with Gasteiger partial charge in [0.25, 0.3) is 5.91 Å². The number of amides is 2. The molecule has 1 aliphatic rings. The van der Waals surface area contributed by atoms with Crippen molar-refractivity contribution < 1.29 is 9.59 Å². The van der Waals surface area contributed by atoms with Gasteiger partial charge < -0.3 is 10.2 Å². The summed E-state index contributed by atoms with van der Waals surface area (Å²) in [7, 11) is 0. The van der Waals surface area contributed by atoms with Crippen LogP contribution >= 0.6 is 0 Å². The fourth-order valence-corrected chi connectivity index (χ4v) is 2.27. The summed E-state index contributed by atoms with van der Waals surface area (Å²) in [5.74, 6) is -0.128. The average molecular weight is 272 g/mol. The molecule has 4 heteroatoms. The Bertz CT molecular complexity index is 539. The number of nitrogens with one attached hydrogen (secondary N) is 1. The second kappa shape index (κ2) is 6.37. The van der Waals surface area contributed by atoms with Crippen molar-refractivity contribution in [2.75, 3.05) is 18.4 Å². The molecule has 1 aromatic carbocycles. The summed E-state index contributed by atoms with van der Waals surface area (Å²) in [6.45, 7) is 5.39. The Labute approximate surface area is 119 Å². The third kappa shape index (κ3) is 3.70. The molecule has 1 aromatic rings. The summed E-state index contributed by atoms with van der Waals surface area (Å²) in [5.41, 5.74) is 2.21. The highest BCUT2D eigenvalue weighted by Crippen LogP contribution is 2.16. The van der Waals surface area contributed by atoms with Crippen LogP contribution in [0.4, 0.5) is 5.69 Å². The number of hydrogen-bond acceptors (Lipinski definition) is 2. The third-order valence-corrected chi connectivity index (χ3v) is 3.19. The number of benzene rings is 1. The van der Waals surface area contributed by atoms with E-state index in [-0.39, 0.29) is 11.8 Å².